The van der Waals surface area contributed by atoms with Gasteiger partial charge in [0.25, 0.3) is 0 Å². The lowest BCUT2D eigenvalue weighted by molar-refractivity contribution is 0.640. The van der Waals surface area contributed by atoms with Crippen molar-refractivity contribution in [3.63, 3.8) is 0 Å². The van der Waals surface area contributed by atoms with Gasteiger partial charge in [0.15, 0.2) is 0 Å². The fraction of sp³-hybridized carbons (Fsp3) is 0. The lowest BCUT2D eigenvalue weighted by atomic mass is 9.93. The van der Waals surface area contributed by atoms with Gasteiger partial charge >= 0.3 is 0 Å². The second-order valence-electron chi connectivity index (χ2n) is 11.6. The third-order valence-corrected chi connectivity index (χ3v) is 13.7. The van der Waals surface area contributed by atoms with Crippen LogP contribution in [0.5, 0.6) is 0 Å². The van der Waals surface area contributed by atoms with Gasteiger partial charge in [0.1, 0.15) is 11.6 Å². The fourth-order valence-corrected chi connectivity index (χ4v) is 11.7. The van der Waals surface area contributed by atoms with Crippen LogP contribution in [0.15, 0.2) is 182 Å². The first-order valence-corrected chi connectivity index (χ1v) is 18.6. The Kier molecular flexibility index (Phi) is 8.37. The number of benzene rings is 8. The predicted molar refractivity (Wildman–Crippen MR) is 204 cm³/mol. The average Bonchev–Trinajstić information content (AvgIpc) is 3.15. The van der Waals surface area contributed by atoms with E-state index >= 15 is 8.78 Å². The summed E-state index contributed by atoms with van der Waals surface area (Å²) in [5.74, 6) is -0.518. The minimum absolute atomic E-state index is 0.259. The Hall–Kier alpha value is -5.00. The first-order chi connectivity index (χ1) is 23.7. The summed E-state index contributed by atoms with van der Waals surface area (Å²) in [5, 5.41) is 9.05. The molecule has 0 fully saturated rings. The van der Waals surface area contributed by atoms with Crippen molar-refractivity contribution in [2.24, 2.45) is 0 Å². The van der Waals surface area contributed by atoms with Crippen molar-refractivity contribution < 1.29 is 8.78 Å². The summed E-state index contributed by atoms with van der Waals surface area (Å²) in [6, 6.07) is 60.5. The number of fused-ring (bicyclic) bond motifs is 2. The molecular weight excluding hydrogens is 628 g/mol. The lowest BCUT2D eigenvalue weighted by Gasteiger charge is -2.28. The molecule has 8 rings (SSSR count). The monoisotopic (exact) mass is 658 g/mol. The van der Waals surface area contributed by atoms with Crippen LogP contribution < -0.4 is 31.8 Å². The van der Waals surface area contributed by atoms with Gasteiger partial charge in [-0.15, -0.1) is 0 Å². The molecule has 0 aliphatic heterocycles. The van der Waals surface area contributed by atoms with E-state index in [1.54, 1.807) is 12.1 Å². The highest BCUT2D eigenvalue weighted by Crippen LogP contribution is 2.46. The van der Waals surface area contributed by atoms with Crippen molar-refractivity contribution >= 4 is 69.2 Å². The average molecular weight is 659 g/mol. The smallest absolute Gasteiger partial charge is 0.131 e. The Morgan fingerprint density at radius 3 is 0.833 bits per heavy atom. The van der Waals surface area contributed by atoms with E-state index in [1.165, 1.54) is 0 Å². The third kappa shape index (κ3) is 5.52. The molecule has 0 spiro atoms. The van der Waals surface area contributed by atoms with E-state index in [9.17, 15) is 0 Å². The number of hydrogen-bond donors (Lipinski definition) is 0. The van der Waals surface area contributed by atoms with Gasteiger partial charge < -0.3 is 0 Å². The molecule has 230 valence electrons. The Labute approximate surface area is 281 Å². The highest BCUT2D eigenvalue weighted by Gasteiger charge is 2.30. The van der Waals surface area contributed by atoms with E-state index in [0.29, 0.717) is 10.8 Å². The molecule has 0 amide bonds. The van der Waals surface area contributed by atoms with Crippen molar-refractivity contribution in [1.82, 2.24) is 0 Å². The van der Waals surface area contributed by atoms with Crippen LogP contribution in [0.4, 0.5) is 8.78 Å². The van der Waals surface area contributed by atoms with Gasteiger partial charge in [-0.25, -0.2) is 8.78 Å². The molecule has 4 heteroatoms. The fourth-order valence-electron chi connectivity index (χ4n) is 6.68. The van der Waals surface area contributed by atoms with Crippen molar-refractivity contribution in [2.45, 2.75) is 0 Å². The molecule has 0 atom stereocenters. The van der Waals surface area contributed by atoms with Crippen LogP contribution in [0.25, 0.3) is 32.7 Å². The van der Waals surface area contributed by atoms with Crippen molar-refractivity contribution in [2.75, 3.05) is 0 Å². The third-order valence-electron chi connectivity index (χ3n) is 8.74. The zero-order valence-electron chi connectivity index (χ0n) is 26.0. The summed E-state index contributed by atoms with van der Waals surface area (Å²) in [4.78, 5) is 0. The molecule has 0 aromatic heterocycles. The normalized spacial score (nSPS) is 11.5. The van der Waals surface area contributed by atoms with Crippen LogP contribution in [-0.2, 0) is 0 Å². The van der Waals surface area contributed by atoms with Gasteiger partial charge in [-0.05, 0) is 81.7 Å². The van der Waals surface area contributed by atoms with E-state index in [-0.39, 0.29) is 11.6 Å². The molecule has 0 saturated carbocycles. The Bertz CT molecular complexity index is 2110. The molecule has 0 nitrogen and oxygen atoms in total. The highest BCUT2D eigenvalue weighted by atomic mass is 31.1. The molecular formula is C44H30F2P2. The second-order valence-corrected chi connectivity index (χ2v) is 16.0. The number of halogens is 2. The van der Waals surface area contributed by atoms with Gasteiger partial charge in [0.2, 0.25) is 0 Å². The molecule has 0 heterocycles. The Balaban J connectivity index is 1.57. The zero-order chi connectivity index (χ0) is 32.5. The molecule has 0 saturated heterocycles. The molecule has 0 bridgehead atoms. The lowest BCUT2D eigenvalue weighted by Crippen LogP contribution is -2.27. The first kappa shape index (κ1) is 30.3. The largest absolute Gasteiger partial charge is 0.206 e. The van der Waals surface area contributed by atoms with Gasteiger partial charge in [-0.1, -0.05) is 170 Å². The minimum Gasteiger partial charge on any atom is -0.206 e. The minimum atomic E-state index is -1.21. The standard InChI is InChI=1S/C44H30F2P2/c45-39-29-41(47(31-17-5-1-6-18-31)32-19-7-2-8-20-32)43(37-27-15-13-25-35(37)39)44-38-28-16-14-26-36(38)40(46)30-42(44)48(33-21-9-3-10-22-33)34-23-11-4-12-24-34/h1-30H. The van der Waals surface area contributed by atoms with Gasteiger partial charge in [0, 0.05) is 10.8 Å². The molecule has 48 heavy (non-hydrogen) atoms. The van der Waals surface area contributed by atoms with Crippen molar-refractivity contribution in [1.29, 1.82) is 0 Å². The number of rotatable bonds is 7. The van der Waals surface area contributed by atoms with Gasteiger partial charge in [0.05, 0.1) is 0 Å². The van der Waals surface area contributed by atoms with E-state index in [2.05, 4.69) is 48.5 Å². The van der Waals surface area contributed by atoms with Crippen molar-refractivity contribution in [3.8, 4) is 11.1 Å². The maximum atomic E-state index is 16.5. The molecule has 0 aliphatic carbocycles. The summed E-state index contributed by atoms with van der Waals surface area (Å²) in [7, 11) is -2.42. The summed E-state index contributed by atoms with van der Waals surface area (Å²) >= 11 is 0. The van der Waals surface area contributed by atoms with Crippen LogP contribution in [0, 0.1) is 11.6 Å². The molecule has 8 aromatic carbocycles. The second kappa shape index (κ2) is 13.2. The van der Waals surface area contributed by atoms with Crippen molar-refractivity contribution in [3.05, 3.63) is 194 Å². The van der Waals surface area contributed by atoms with Crippen LogP contribution in [-0.4, -0.2) is 0 Å². The quantitative estimate of drug-likeness (QED) is 0.150. The topological polar surface area (TPSA) is 0 Å². The van der Waals surface area contributed by atoms with Crippen LogP contribution in [0.2, 0.25) is 0 Å². The first-order valence-electron chi connectivity index (χ1n) is 15.9. The zero-order valence-corrected chi connectivity index (χ0v) is 27.8. The van der Waals surface area contributed by atoms with Gasteiger partial charge in [-0.3, -0.25) is 0 Å². The number of hydrogen-bond acceptors (Lipinski definition) is 0. The molecule has 0 N–H and O–H groups in total. The maximum absolute atomic E-state index is 16.5. The summed E-state index contributed by atoms with van der Waals surface area (Å²) < 4.78 is 32.9. The SMILES string of the molecule is Fc1cc(P(c2ccccc2)c2ccccc2)c(-c2c(P(c3ccccc3)c3ccccc3)cc(F)c3ccccc23)c2ccccc12. The Morgan fingerprint density at radius 1 is 0.292 bits per heavy atom. The van der Waals surface area contributed by atoms with E-state index in [4.69, 9.17) is 0 Å². The van der Waals surface area contributed by atoms with Crippen LogP contribution in [0.1, 0.15) is 0 Å². The van der Waals surface area contributed by atoms with Crippen LogP contribution in [0.3, 0.4) is 0 Å². The summed E-state index contributed by atoms with van der Waals surface area (Å²) in [6.07, 6.45) is 0. The molecule has 0 unspecified atom stereocenters. The molecule has 0 aliphatic rings. The van der Waals surface area contributed by atoms with E-state index in [1.807, 2.05) is 121 Å². The molecule has 8 aromatic rings. The summed E-state index contributed by atoms with van der Waals surface area (Å²) in [6.45, 7) is 0. The Morgan fingerprint density at radius 2 is 0.542 bits per heavy atom. The predicted octanol–water partition coefficient (Wildman–Crippen LogP) is 9.45. The molecule has 0 radical (unpaired) electrons. The van der Waals surface area contributed by atoms with E-state index in [0.717, 1.165) is 53.7 Å². The maximum Gasteiger partial charge on any atom is 0.131 e. The van der Waals surface area contributed by atoms with E-state index < -0.39 is 15.8 Å². The summed E-state index contributed by atoms with van der Waals surface area (Å²) in [5.41, 5.74) is 1.91. The highest BCUT2D eigenvalue weighted by molar-refractivity contribution is 7.80. The van der Waals surface area contributed by atoms with Gasteiger partial charge in [-0.2, -0.15) is 0 Å². The van der Waals surface area contributed by atoms with Crippen LogP contribution >= 0.6 is 15.8 Å².